The van der Waals surface area contributed by atoms with E-state index in [0.29, 0.717) is 22.2 Å². The van der Waals surface area contributed by atoms with Crippen LogP contribution in [0.15, 0.2) is 82.5 Å². The van der Waals surface area contributed by atoms with Gasteiger partial charge in [0.25, 0.3) is 5.56 Å². The lowest BCUT2D eigenvalue weighted by Crippen LogP contribution is -2.37. The van der Waals surface area contributed by atoms with Gasteiger partial charge in [0.05, 0.1) is 28.0 Å². The summed E-state index contributed by atoms with van der Waals surface area (Å²) in [4.78, 5) is 28.4. The molecule has 0 spiro atoms. The Morgan fingerprint density at radius 1 is 0.806 bits per heavy atom. The predicted molar refractivity (Wildman–Crippen MR) is 139 cm³/mol. The van der Waals surface area contributed by atoms with Crippen molar-refractivity contribution in [2.45, 2.75) is 13.0 Å². The zero-order valence-electron chi connectivity index (χ0n) is 20.0. The second-order valence-corrected chi connectivity index (χ2v) is 9.20. The van der Waals surface area contributed by atoms with E-state index >= 15 is 0 Å². The lowest BCUT2D eigenvalue weighted by molar-refractivity contribution is 0.403. The molecule has 0 amide bonds. The van der Waals surface area contributed by atoms with Crippen LogP contribution in [0.3, 0.4) is 0 Å². The Labute approximate surface area is 206 Å². The number of fused-ring (bicyclic) bond motifs is 5. The number of aromatic hydroxyl groups is 2. The summed E-state index contributed by atoms with van der Waals surface area (Å²) in [6, 6.07) is 20.2. The summed E-state index contributed by atoms with van der Waals surface area (Å²) in [5, 5.41) is 20.9. The number of nitrogens with zero attached hydrogens (tertiary/aromatic N) is 4. The molecule has 6 rings (SSSR count). The fourth-order valence-corrected chi connectivity index (χ4v) is 5.29. The van der Waals surface area contributed by atoms with E-state index in [2.05, 4.69) is 11.0 Å². The number of phenolic OH excluding ortho intramolecular Hbond substituents is 2. The molecule has 1 aliphatic heterocycles. The van der Waals surface area contributed by atoms with Crippen molar-refractivity contribution in [2.75, 3.05) is 4.90 Å². The van der Waals surface area contributed by atoms with Crippen molar-refractivity contribution in [1.82, 2.24) is 13.7 Å². The second kappa shape index (κ2) is 7.64. The molecule has 36 heavy (non-hydrogen) atoms. The molecule has 2 N–H and O–H groups in total. The maximum Gasteiger partial charge on any atom is 0.331 e. The van der Waals surface area contributed by atoms with Crippen molar-refractivity contribution in [3.05, 3.63) is 111 Å². The Morgan fingerprint density at radius 2 is 1.56 bits per heavy atom. The second-order valence-electron chi connectivity index (χ2n) is 9.20. The number of hydrogen-bond donors (Lipinski definition) is 2. The highest BCUT2D eigenvalue weighted by Crippen LogP contribution is 2.49. The molecule has 0 saturated heterocycles. The van der Waals surface area contributed by atoms with E-state index < -0.39 is 11.7 Å². The minimum absolute atomic E-state index is 0.224. The number of aryl methyl sites for hydroxylation is 2. The maximum absolute atomic E-state index is 13.2. The van der Waals surface area contributed by atoms with Crippen LogP contribution in [0.2, 0.25) is 0 Å². The largest absolute Gasteiger partial charge is 0.504 e. The van der Waals surface area contributed by atoms with Crippen LogP contribution in [-0.4, -0.2) is 23.9 Å². The van der Waals surface area contributed by atoms with Gasteiger partial charge in [-0.2, -0.15) is 0 Å². The van der Waals surface area contributed by atoms with E-state index in [-0.39, 0.29) is 17.1 Å². The lowest BCUT2D eigenvalue weighted by atomic mass is 9.95. The van der Waals surface area contributed by atoms with Gasteiger partial charge in [-0.25, -0.2) is 4.79 Å². The summed E-state index contributed by atoms with van der Waals surface area (Å²) >= 11 is 0. The van der Waals surface area contributed by atoms with Gasteiger partial charge >= 0.3 is 5.69 Å². The summed E-state index contributed by atoms with van der Waals surface area (Å²) in [6.45, 7) is 2.02. The molecule has 0 bridgehead atoms. The quantitative estimate of drug-likeness (QED) is 0.373. The van der Waals surface area contributed by atoms with Crippen LogP contribution in [0.1, 0.15) is 22.9 Å². The van der Waals surface area contributed by atoms with Crippen LogP contribution in [-0.2, 0) is 14.1 Å². The highest BCUT2D eigenvalue weighted by atomic mass is 16.3. The van der Waals surface area contributed by atoms with Crippen LogP contribution < -0.4 is 16.1 Å². The third-order valence-corrected chi connectivity index (χ3v) is 6.97. The first-order valence-electron chi connectivity index (χ1n) is 11.6. The van der Waals surface area contributed by atoms with Crippen molar-refractivity contribution in [1.29, 1.82) is 0 Å². The van der Waals surface area contributed by atoms with E-state index in [0.717, 1.165) is 27.2 Å². The van der Waals surface area contributed by atoms with Crippen LogP contribution >= 0.6 is 0 Å². The van der Waals surface area contributed by atoms with Crippen LogP contribution in [0.5, 0.6) is 11.5 Å². The number of para-hydroxylation sites is 2. The molecule has 0 radical (unpaired) electrons. The molecule has 1 atom stereocenters. The Morgan fingerprint density at radius 3 is 2.28 bits per heavy atom. The van der Waals surface area contributed by atoms with E-state index in [1.807, 2.05) is 54.0 Å². The molecule has 0 fully saturated rings. The summed E-state index contributed by atoms with van der Waals surface area (Å²) in [5.41, 5.74) is 4.88. The Kier molecular flexibility index (Phi) is 4.63. The number of hydrogen-bond acceptors (Lipinski definition) is 5. The van der Waals surface area contributed by atoms with Gasteiger partial charge in [0.15, 0.2) is 11.5 Å². The molecule has 0 saturated carbocycles. The van der Waals surface area contributed by atoms with Crippen LogP contribution in [0.25, 0.3) is 16.6 Å². The van der Waals surface area contributed by atoms with Gasteiger partial charge in [-0.05, 0) is 54.4 Å². The van der Waals surface area contributed by atoms with Crippen LogP contribution in [0.4, 0.5) is 11.4 Å². The van der Waals surface area contributed by atoms with E-state index in [1.165, 1.54) is 23.7 Å². The first kappa shape index (κ1) is 21.8. The molecule has 180 valence electrons. The lowest BCUT2D eigenvalue weighted by Gasteiger charge is -2.40. The molecular formula is C28H24N4O4. The molecule has 0 aliphatic carbocycles. The highest BCUT2D eigenvalue weighted by Gasteiger charge is 2.37. The number of benzene rings is 3. The molecule has 5 aromatic rings. The molecule has 8 heteroatoms. The summed E-state index contributed by atoms with van der Waals surface area (Å²) in [6.07, 6.45) is 1.78. The topological polar surface area (TPSA) is 92.6 Å². The molecular weight excluding hydrogens is 456 g/mol. The van der Waals surface area contributed by atoms with Gasteiger partial charge < -0.3 is 19.7 Å². The van der Waals surface area contributed by atoms with Gasteiger partial charge in [-0.1, -0.05) is 30.3 Å². The van der Waals surface area contributed by atoms with E-state index in [4.69, 9.17) is 0 Å². The average molecular weight is 481 g/mol. The average Bonchev–Trinajstić information content (AvgIpc) is 3.28. The zero-order chi connectivity index (χ0) is 25.3. The van der Waals surface area contributed by atoms with Gasteiger partial charge in [0.1, 0.15) is 6.04 Å². The number of phenols is 2. The van der Waals surface area contributed by atoms with E-state index in [1.54, 1.807) is 19.3 Å². The summed E-state index contributed by atoms with van der Waals surface area (Å²) in [7, 11) is 3.14. The Bertz CT molecular complexity index is 1810. The molecule has 3 heterocycles. The first-order chi connectivity index (χ1) is 17.3. The minimum atomic E-state index is -0.525. The molecule has 3 aromatic carbocycles. The van der Waals surface area contributed by atoms with Crippen molar-refractivity contribution in [2.24, 2.45) is 14.1 Å². The minimum Gasteiger partial charge on any atom is -0.504 e. The maximum atomic E-state index is 13.2. The molecule has 2 aromatic heterocycles. The van der Waals surface area contributed by atoms with Crippen molar-refractivity contribution < 1.29 is 10.2 Å². The number of aromatic nitrogens is 3. The standard InChI is InChI=1S/C28H24N4O4/c1-16-7-6-8-18(13-16)32-21-10-5-4-9-20(21)31-15-19-25(29(2)28(36)30(3)27(19)35)26(31)24(32)17-11-12-22(33)23(34)14-17/h4-15,24,33-34H,1-3H3. The van der Waals surface area contributed by atoms with Crippen molar-refractivity contribution >= 4 is 22.3 Å². The normalized spacial score (nSPS) is 14.6. The highest BCUT2D eigenvalue weighted by molar-refractivity contribution is 5.89. The Hall–Kier alpha value is -4.72. The van der Waals surface area contributed by atoms with Crippen molar-refractivity contribution in [3.8, 4) is 17.2 Å². The molecule has 1 aliphatic rings. The fourth-order valence-electron chi connectivity index (χ4n) is 5.29. The fraction of sp³-hybridized carbons (Fsp3) is 0.143. The van der Waals surface area contributed by atoms with Gasteiger partial charge in [-0.15, -0.1) is 0 Å². The third-order valence-electron chi connectivity index (χ3n) is 6.97. The number of rotatable bonds is 2. The van der Waals surface area contributed by atoms with Gasteiger partial charge in [0.2, 0.25) is 0 Å². The SMILES string of the molecule is Cc1cccc(N2c3ccccc3-n3cc4c(=O)n(C)c(=O)n(C)c4c3C2c2ccc(O)c(O)c2)c1. The van der Waals surface area contributed by atoms with Crippen molar-refractivity contribution in [3.63, 3.8) is 0 Å². The summed E-state index contributed by atoms with van der Waals surface area (Å²) < 4.78 is 4.57. The smallest absolute Gasteiger partial charge is 0.331 e. The third kappa shape index (κ3) is 2.94. The predicted octanol–water partition coefficient (Wildman–Crippen LogP) is 3.99. The van der Waals surface area contributed by atoms with Gasteiger partial charge in [-0.3, -0.25) is 13.9 Å². The first-order valence-corrected chi connectivity index (χ1v) is 11.6. The zero-order valence-corrected chi connectivity index (χ0v) is 20.0. The van der Waals surface area contributed by atoms with Crippen LogP contribution in [0, 0.1) is 6.92 Å². The van der Waals surface area contributed by atoms with Gasteiger partial charge in [0, 0.05) is 26.0 Å². The molecule has 1 unspecified atom stereocenters. The Balaban J connectivity index is 1.81. The number of anilines is 2. The molecule has 8 nitrogen and oxygen atoms in total. The monoisotopic (exact) mass is 480 g/mol. The van der Waals surface area contributed by atoms with E-state index in [9.17, 15) is 19.8 Å². The summed E-state index contributed by atoms with van der Waals surface area (Å²) in [5.74, 6) is -0.471.